The van der Waals surface area contributed by atoms with Gasteiger partial charge in [-0.2, -0.15) is 13.2 Å². The molecule has 4 aromatic rings. The molecule has 0 radical (unpaired) electrons. The zero-order valence-corrected chi connectivity index (χ0v) is 21.9. The highest BCUT2D eigenvalue weighted by molar-refractivity contribution is 9.10. The lowest BCUT2D eigenvalue weighted by Gasteiger charge is -2.26. The van der Waals surface area contributed by atoms with Gasteiger partial charge in [0, 0.05) is 10.2 Å². The molecule has 1 amide bonds. The smallest absolute Gasteiger partial charge is 0.416 e. The van der Waals surface area contributed by atoms with Gasteiger partial charge in [0.2, 0.25) is 5.76 Å². The third-order valence-corrected chi connectivity index (χ3v) is 6.97. The fourth-order valence-corrected chi connectivity index (χ4v) is 5.04. The number of hydrogen-bond acceptors (Lipinski definition) is 4. The molecule has 0 saturated heterocycles. The van der Waals surface area contributed by atoms with Gasteiger partial charge in [-0.25, -0.2) is 0 Å². The van der Waals surface area contributed by atoms with Gasteiger partial charge in [0.15, 0.2) is 5.43 Å². The van der Waals surface area contributed by atoms with E-state index in [-0.39, 0.29) is 28.0 Å². The van der Waals surface area contributed by atoms with Gasteiger partial charge >= 0.3 is 6.18 Å². The van der Waals surface area contributed by atoms with E-state index in [2.05, 4.69) is 22.9 Å². The van der Waals surface area contributed by atoms with Crippen LogP contribution in [0.4, 0.5) is 18.9 Å². The topological polar surface area (TPSA) is 59.8 Å². The number of carbonyl (C=O) groups excluding carboxylic acids is 1. The molecule has 38 heavy (non-hydrogen) atoms. The Labute approximate surface area is 225 Å². The van der Waals surface area contributed by atoms with Gasteiger partial charge in [0.25, 0.3) is 5.91 Å². The summed E-state index contributed by atoms with van der Waals surface area (Å²) in [7, 11) is 0. The molecule has 0 N–H and O–H groups in total. The number of alkyl halides is 3. The average molecular weight is 586 g/mol. The number of nitrogens with zero attached hydrogens (tertiary/aromatic N) is 1. The van der Waals surface area contributed by atoms with Crippen LogP contribution >= 0.6 is 15.9 Å². The van der Waals surface area contributed by atoms with Crippen molar-refractivity contribution in [2.45, 2.75) is 38.4 Å². The Bertz CT molecular complexity index is 1580. The lowest BCUT2D eigenvalue weighted by molar-refractivity contribution is -0.137. The molecule has 2 heterocycles. The number of unbranched alkanes of at least 4 members (excludes halogenated alkanes) is 2. The molecule has 9 heteroatoms. The number of ether oxygens (including phenoxy) is 1. The van der Waals surface area contributed by atoms with Crippen LogP contribution in [0.3, 0.4) is 0 Å². The minimum Gasteiger partial charge on any atom is -0.494 e. The number of benzene rings is 3. The van der Waals surface area contributed by atoms with Crippen LogP contribution in [-0.4, -0.2) is 12.5 Å². The molecule has 1 atom stereocenters. The zero-order chi connectivity index (χ0) is 27.0. The predicted octanol–water partition coefficient (Wildman–Crippen LogP) is 7.89. The van der Waals surface area contributed by atoms with Crippen LogP contribution in [0.25, 0.3) is 11.0 Å². The number of hydrogen-bond donors (Lipinski definition) is 0. The Morgan fingerprint density at radius 1 is 1.00 bits per heavy atom. The molecule has 1 aliphatic rings. The standard InChI is InChI=1S/C29H23BrF3NO4/c1-2-3-4-13-37-21-10-5-7-17(14-21)25-24-26(35)22-16-19(30)11-12-23(22)38-27(24)28(36)34(25)20-9-6-8-18(15-20)29(31,32)33/h5-12,14-16,25H,2-4,13H2,1H3. The monoisotopic (exact) mass is 585 g/mol. The van der Waals surface area contributed by atoms with Crippen LogP contribution in [0.15, 0.2) is 80.4 Å². The summed E-state index contributed by atoms with van der Waals surface area (Å²) in [5.41, 5.74) is -0.531. The van der Waals surface area contributed by atoms with Crippen molar-refractivity contribution in [3.05, 3.63) is 104 Å². The Morgan fingerprint density at radius 2 is 1.79 bits per heavy atom. The Balaban J connectivity index is 1.69. The molecule has 196 valence electrons. The van der Waals surface area contributed by atoms with Gasteiger partial charge in [-0.3, -0.25) is 14.5 Å². The van der Waals surface area contributed by atoms with E-state index < -0.39 is 29.1 Å². The van der Waals surface area contributed by atoms with E-state index in [0.29, 0.717) is 22.4 Å². The van der Waals surface area contributed by atoms with Crippen LogP contribution in [0.2, 0.25) is 0 Å². The fraction of sp³-hybridized carbons (Fsp3) is 0.241. The first-order valence-corrected chi connectivity index (χ1v) is 13.0. The summed E-state index contributed by atoms with van der Waals surface area (Å²) in [4.78, 5) is 28.7. The van der Waals surface area contributed by atoms with Gasteiger partial charge in [-0.05, 0) is 60.5 Å². The van der Waals surface area contributed by atoms with Crippen molar-refractivity contribution in [3.8, 4) is 5.75 Å². The maximum absolute atomic E-state index is 13.8. The van der Waals surface area contributed by atoms with Crippen LogP contribution in [0.5, 0.6) is 5.75 Å². The molecule has 0 aliphatic carbocycles. The second-order valence-electron chi connectivity index (χ2n) is 9.07. The summed E-state index contributed by atoms with van der Waals surface area (Å²) >= 11 is 3.36. The van der Waals surface area contributed by atoms with Gasteiger partial charge in [0.05, 0.1) is 29.2 Å². The first-order chi connectivity index (χ1) is 18.2. The van der Waals surface area contributed by atoms with Crippen molar-refractivity contribution < 1.29 is 27.1 Å². The number of halogens is 4. The first-order valence-electron chi connectivity index (χ1n) is 12.2. The molecule has 1 aromatic heterocycles. The Kier molecular flexibility index (Phi) is 7.05. The molecule has 5 nitrogen and oxygen atoms in total. The number of fused-ring (bicyclic) bond motifs is 2. The average Bonchev–Trinajstić information content (AvgIpc) is 3.19. The normalized spacial score (nSPS) is 15.2. The molecule has 3 aromatic carbocycles. The molecule has 1 aliphatic heterocycles. The van der Waals surface area contributed by atoms with Crippen LogP contribution in [0, 0.1) is 0 Å². The fourth-order valence-electron chi connectivity index (χ4n) is 4.68. The maximum Gasteiger partial charge on any atom is 0.416 e. The molecule has 0 fully saturated rings. The molecule has 5 rings (SSSR count). The predicted molar refractivity (Wildman–Crippen MR) is 142 cm³/mol. The van der Waals surface area contributed by atoms with E-state index in [0.717, 1.165) is 31.4 Å². The largest absolute Gasteiger partial charge is 0.494 e. The highest BCUT2D eigenvalue weighted by Gasteiger charge is 2.44. The van der Waals surface area contributed by atoms with E-state index >= 15 is 0 Å². The third-order valence-electron chi connectivity index (χ3n) is 6.47. The van der Waals surface area contributed by atoms with Crippen LogP contribution in [-0.2, 0) is 6.18 Å². The van der Waals surface area contributed by atoms with E-state index in [1.807, 2.05) is 0 Å². The Hall–Kier alpha value is -3.59. The zero-order valence-electron chi connectivity index (χ0n) is 20.3. The van der Waals surface area contributed by atoms with E-state index in [1.54, 1.807) is 42.5 Å². The summed E-state index contributed by atoms with van der Waals surface area (Å²) in [6.45, 7) is 2.58. The summed E-state index contributed by atoms with van der Waals surface area (Å²) < 4.78 is 53.1. The quantitative estimate of drug-likeness (QED) is 0.207. The molecule has 0 spiro atoms. The van der Waals surface area contributed by atoms with E-state index in [4.69, 9.17) is 9.15 Å². The van der Waals surface area contributed by atoms with Crippen LogP contribution < -0.4 is 15.1 Å². The lowest BCUT2D eigenvalue weighted by atomic mass is 9.98. The van der Waals surface area contributed by atoms with Crippen molar-refractivity contribution >= 4 is 38.5 Å². The summed E-state index contributed by atoms with van der Waals surface area (Å²) in [6, 6.07) is 15.3. The minimum atomic E-state index is -4.61. The third kappa shape index (κ3) is 4.82. The number of anilines is 1. The van der Waals surface area contributed by atoms with Crippen LogP contribution in [0.1, 0.15) is 59.5 Å². The second kappa shape index (κ2) is 10.3. The Morgan fingerprint density at radius 3 is 2.55 bits per heavy atom. The number of amides is 1. The lowest BCUT2D eigenvalue weighted by Crippen LogP contribution is -2.29. The second-order valence-corrected chi connectivity index (χ2v) is 9.98. The highest BCUT2D eigenvalue weighted by Crippen LogP contribution is 2.43. The number of rotatable bonds is 7. The molecule has 0 saturated carbocycles. The summed E-state index contributed by atoms with van der Waals surface area (Å²) in [6.07, 6.45) is -1.69. The first kappa shape index (κ1) is 26.0. The molecular formula is C29H23BrF3NO4. The van der Waals surface area contributed by atoms with Crippen molar-refractivity contribution in [2.75, 3.05) is 11.5 Å². The SMILES string of the molecule is CCCCCOc1cccc(C2c3c(oc4ccc(Br)cc4c3=O)C(=O)N2c2cccc(C(F)(F)F)c2)c1. The van der Waals surface area contributed by atoms with Gasteiger partial charge in [-0.15, -0.1) is 0 Å². The number of carbonyl (C=O) groups is 1. The molecule has 0 bridgehead atoms. The van der Waals surface area contributed by atoms with E-state index in [9.17, 15) is 22.8 Å². The summed E-state index contributed by atoms with van der Waals surface area (Å²) in [5, 5.41) is 0.258. The van der Waals surface area contributed by atoms with Crippen molar-refractivity contribution in [3.63, 3.8) is 0 Å². The molecular weight excluding hydrogens is 563 g/mol. The van der Waals surface area contributed by atoms with Crippen molar-refractivity contribution in [1.82, 2.24) is 0 Å². The summed E-state index contributed by atoms with van der Waals surface area (Å²) in [5.74, 6) is -0.349. The van der Waals surface area contributed by atoms with E-state index in [1.165, 1.54) is 17.0 Å². The molecule has 1 unspecified atom stereocenters. The minimum absolute atomic E-state index is 0.000119. The van der Waals surface area contributed by atoms with Gasteiger partial charge in [0.1, 0.15) is 11.3 Å². The maximum atomic E-state index is 13.8. The highest BCUT2D eigenvalue weighted by atomic mass is 79.9. The van der Waals surface area contributed by atoms with Crippen molar-refractivity contribution in [1.29, 1.82) is 0 Å². The van der Waals surface area contributed by atoms with Gasteiger partial charge in [-0.1, -0.05) is 53.9 Å². The van der Waals surface area contributed by atoms with Gasteiger partial charge < -0.3 is 9.15 Å². The van der Waals surface area contributed by atoms with Crippen molar-refractivity contribution in [2.24, 2.45) is 0 Å².